The van der Waals surface area contributed by atoms with Crippen molar-refractivity contribution in [3.8, 4) is 34.4 Å². The Morgan fingerprint density at radius 1 is 0.370 bits per heavy atom. The highest BCUT2D eigenvalue weighted by molar-refractivity contribution is 7.92. The maximum absolute atomic E-state index is 13.6. The Morgan fingerprint density at radius 3 is 1.22 bits per heavy atom. The molecule has 12 heteroatoms. The van der Waals surface area contributed by atoms with Gasteiger partial charge in [0.25, 0.3) is 0 Å². The molecule has 2 aliphatic rings. The molecule has 7 aromatic carbocycles. The predicted octanol–water partition coefficient (Wildman–Crippen LogP) is 11.0. The molecule has 0 saturated heterocycles. The van der Waals surface area contributed by atoms with Crippen molar-refractivity contribution in [2.75, 3.05) is 0 Å². The van der Waals surface area contributed by atoms with Gasteiger partial charge in [-0.1, -0.05) is 48.5 Å². The molecule has 9 aromatic rings. The fraction of sp³-hybridized carbons (Fsp3) is 0. The molecular formula is C42H24N2O6S4. The molecule has 0 bridgehead atoms. The Hall–Kier alpha value is -5.92. The number of hydrogen-bond donors (Lipinski definition) is 0. The number of sulfone groups is 2. The topological polar surface area (TPSA) is 96.6 Å². The number of nitrogens with zero attached hydrogens (tertiary/aromatic N) is 2. The van der Waals surface area contributed by atoms with Gasteiger partial charge in [-0.25, -0.2) is 16.8 Å². The third-order valence-electron chi connectivity index (χ3n) is 9.84. The summed E-state index contributed by atoms with van der Waals surface area (Å²) in [5, 5.41) is 0. The Bertz CT molecular complexity index is 3160. The summed E-state index contributed by atoms with van der Waals surface area (Å²) >= 11 is 3.32. The van der Waals surface area contributed by atoms with Crippen LogP contribution in [0.2, 0.25) is 0 Å². The van der Waals surface area contributed by atoms with Crippen LogP contribution in [0.4, 0.5) is 0 Å². The number of fused-ring (bicyclic) bond motifs is 8. The van der Waals surface area contributed by atoms with Crippen LogP contribution in [-0.2, 0) is 19.7 Å². The summed E-state index contributed by atoms with van der Waals surface area (Å²) in [5.74, 6) is 1.15. The van der Waals surface area contributed by atoms with Crippen LogP contribution in [-0.4, -0.2) is 26.0 Å². The van der Waals surface area contributed by atoms with E-state index in [0.29, 0.717) is 11.5 Å². The van der Waals surface area contributed by atoms with Gasteiger partial charge >= 0.3 is 0 Å². The highest BCUT2D eigenvalue weighted by Crippen LogP contribution is 2.46. The van der Waals surface area contributed by atoms with Gasteiger partial charge in [-0.2, -0.15) is 0 Å². The first-order valence-electron chi connectivity index (χ1n) is 16.9. The van der Waals surface area contributed by atoms with E-state index in [1.807, 2.05) is 36.4 Å². The maximum atomic E-state index is 13.6. The number of rotatable bonds is 2. The summed E-state index contributed by atoms with van der Waals surface area (Å²) in [7, 11) is -7.54. The number of hydrogen-bond acceptors (Lipinski definition) is 8. The predicted molar refractivity (Wildman–Crippen MR) is 212 cm³/mol. The first kappa shape index (κ1) is 31.6. The summed E-state index contributed by atoms with van der Waals surface area (Å²) in [6.07, 6.45) is 0. The molecule has 2 aromatic heterocycles. The average Bonchev–Trinajstić information content (AvgIpc) is 3.18. The molecule has 0 fully saturated rings. The van der Waals surface area contributed by atoms with Crippen molar-refractivity contribution in [2.45, 2.75) is 19.6 Å². The Morgan fingerprint density at radius 2 is 0.759 bits per heavy atom. The molecule has 0 atom stereocenters. The fourth-order valence-electron chi connectivity index (χ4n) is 7.42. The van der Waals surface area contributed by atoms with Gasteiger partial charge in [-0.3, -0.25) is 0 Å². The third kappa shape index (κ3) is 4.51. The fourth-order valence-corrected chi connectivity index (χ4v) is 12.5. The van der Waals surface area contributed by atoms with E-state index in [1.165, 1.54) is 0 Å². The Labute approximate surface area is 316 Å². The van der Waals surface area contributed by atoms with Crippen LogP contribution in [0.3, 0.4) is 0 Å². The van der Waals surface area contributed by atoms with E-state index in [4.69, 9.17) is 9.47 Å². The highest BCUT2D eigenvalue weighted by atomic mass is 32.2. The standard InChI is InChI=1S/C42H24N2O6S4/c45-53(46)39-15-7-3-11-31(39)49-33-21-25(17-19-41(33)53)43-27-9-1-5-13-35(27)51-37-24-30-38(23-29(37)43)52-36-14-6-2-10-28(36)44(30)26-18-20-42-34(22-26)50-32-12-4-8-16-40(32)54(42,47)48/h1-24H. The lowest BCUT2D eigenvalue weighted by Crippen LogP contribution is -2.12. The third-order valence-corrected chi connectivity index (χ3v) is 15.7. The van der Waals surface area contributed by atoms with E-state index in [9.17, 15) is 16.8 Å². The molecular weight excluding hydrogens is 757 g/mol. The van der Waals surface area contributed by atoms with Gasteiger partial charge in [-0.05, 0) is 84.9 Å². The van der Waals surface area contributed by atoms with E-state index in [2.05, 4.69) is 45.5 Å². The molecule has 0 N–H and O–H groups in total. The zero-order valence-electron chi connectivity index (χ0n) is 27.8. The van der Waals surface area contributed by atoms with Crippen LogP contribution in [0.15, 0.2) is 165 Å². The average molecular weight is 781 g/mol. The SMILES string of the molecule is O=S1(=O)c2ccccc2Oc2cc(-n3c4ccccc4sc4cc5c(cc43)sc3ccccc3n5-c3ccc4c(c3)Oc3ccccc3S4(=O)=O)ccc21. The smallest absolute Gasteiger partial charge is 0.213 e. The molecule has 0 unspecified atom stereocenters. The summed E-state index contributed by atoms with van der Waals surface area (Å²) in [6, 6.07) is 44.5. The van der Waals surface area contributed by atoms with E-state index in [1.54, 1.807) is 95.5 Å². The van der Waals surface area contributed by atoms with Crippen molar-refractivity contribution in [3.63, 3.8) is 0 Å². The molecule has 54 heavy (non-hydrogen) atoms. The molecule has 2 aliphatic heterocycles. The van der Waals surface area contributed by atoms with Crippen molar-refractivity contribution in [1.29, 1.82) is 0 Å². The van der Waals surface area contributed by atoms with Gasteiger partial charge in [0, 0.05) is 12.1 Å². The van der Waals surface area contributed by atoms with Crippen molar-refractivity contribution in [3.05, 3.63) is 146 Å². The monoisotopic (exact) mass is 780 g/mol. The molecule has 0 saturated carbocycles. The van der Waals surface area contributed by atoms with E-state index in [0.717, 1.165) is 52.2 Å². The normalized spacial score (nSPS) is 14.8. The van der Waals surface area contributed by atoms with Crippen molar-refractivity contribution < 1.29 is 26.3 Å². The Kier molecular flexibility index (Phi) is 6.61. The van der Waals surface area contributed by atoms with Crippen LogP contribution < -0.4 is 9.47 Å². The molecule has 0 amide bonds. The minimum absolute atomic E-state index is 0.128. The molecule has 262 valence electrons. The molecule has 11 rings (SSSR count). The second-order valence-corrected chi connectivity index (χ2v) is 18.9. The molecule has 0 radical (unpaired) electrons. The van der Waals surface area contributed by atoms with E-state index in [-0.39, 0.29) is 31.1 Å². The van der Waals surface area contributed by atoms with Gasteiger partial charge in [0.05, 0.1) is 52.2 Å². The molecule has 0 aliphatic carbocycles. The highest BCUT2D eigenvalue weighted by Gasteiger charge is 2.33. The summed E-state index contributed by atoms with van der Waals surface area (Å²) in [4.78, 5) is 0.563. The van der Waals surface area contributed by atoms with Gasteiger partial charge in [0.1, 0.15) is 42.6 Å². The van der Waals surface area contributed by atoms with Crippen LogP contribution in [0.25, 0.3) is 52.2 Å². The molecule has 4 heterocycles. The van der Waals surface area contributed by atoms with Gasteiger partial charge in [-0.15, -0.1) is 22.7 Å². The first-order valence-corrected chi connectivity index (χ1v) is 21.5. The summed E-state index contributed by atoms with van der Waals surface area (Å²) in [5.41, 5.74) is 5.28. The zero-order chi connectivity index (χ0) is 36.3. The largest absolute Gasteiger partial charge is 0.455 e. The summed E-state index contributed by atoms with van der Waals surface area (Å²) < 4.78 is 75.2. The number of benzene rings is 7. The van der Waals surface area contributed by atoms with Crippen molar-refractivity contribution in [1.82, 2.24) is 9.13 Å². The quantitative estimate of drug-likeness (QED) is 0.162. The number of aromatic nitrogens is 2. The van der Waals surface area contributed by atoms with Gasteiger partial charge < -0.3 is 18.6 Å². The number of para-hydroxylation sites is 4. The van der Waals surface area contributed by atoms with E-state index < -0.39 is 19.7 Å². The van der Waals surface area contributed by atoms with Gasteiger partial charge in [0.15, 0.2) is 0 Å². The van der Waals surface area contributed by atoms with Crippen LogP contribution in [0.5, 0.6) is 23.0 Å². The first-order chi connectivity index (χ1) is 26.3. The minimum Gasteiger partial charge on any atom is -0.455 e. The maximum Gasteiger partial charge on any atom is 0.213 e. The lowest BCUT2D eigenvalue weighted by atomic mass is 10.2. The number of ether oxygens (including phenoxy) is 2. The lowest BCUT2D eigenvalue weighted by molar-refractivity contribution is 0.442. The van der Waals surface area contributed by atoms with Crippen molar-refractivity contribution >= 4 is 83.2 Å². The van der Waals surface area contributed by atoms with Crippen LogP contribution >= 0.6 is 22.7 Å². The van der Waals surface area contributed by atoms with Crippen LogP contribution in [0, 0.1) is 0 Å². The van der Waals surface area contributed by atoms with Gasteiger partial charge in [0.2, 0.25) is 19.7 Å². The van der Waals surface area contributed by atoms with E-state index >= 15 is 0 Å². The molecule has 0 spiro atoms. The molecule has 8 nitrogen and oxygen atoms in total. The Balaban J connectivity index is 1.17. The van der Waals surface area contributed by atoms with Crippen LogP contribution in [0.1, 0.15) is 0 Å². The van der Waals surface area contributed by atoms with Crippen molar-refractivity contribution in [2.24, 2.45) is 0 Å². The second kappa shape index (κ2) is 11.3. The summed E-state index contributed by atoms with van der Waals surface area (Å²) in [6.45, 7) is 0. The zero-order valence-corrected chi connectivity index (χ0v) is 31.1. The minimum atomic E-state index is -3.77. The second-order valence-electron chi connectivity index (χ2n) is 13.0. The lowest BCUT2D eigenvalue weighted by Gasteiger charge is -2.23.